The lowest BCUT2D eigenvalue weighted by atomic mass is 9.86. The quantitative estimate of drug-likeness (QED) is 0.681. The third-order valence-corrected chi connectivity index (χ3v) is 4.97. The van der Waals surface area contributed by atoms with Crippen LogP contribution in [0.2, 0.25) is 0 Å². The zero-order valence-corrected chi connectivity index (χ0v) is 9.43. The summed E-state index contributed by atoms with van der Waals surface area (Å²) in [5.41, 5.74) is 0. The molecular weight excluding hydrogens is 214 g/mol. The average Bonchev–Trinajstić information content (AvgIpc) is 2.72. The standard InChI is InChI=1S/C12H18NS.2CH4/c1-2-12(14-9-1)10-13-6-3-11(4-7-13)5-8-13;;/h1-2,9,11H,3-8,10H2;2*1H4/q+1;;. The molecule has 3 saturated heterocycles. The molecule has 0 radical (unpaired) electrons. The fourth-order valence-electron chi connectivity index (χ4n) is 3.11. The molecule has 0 unspecified atom stereocenters. The van der Waals surface area contributed by atoms with E-state index in [0.717, 1.165) is 5.92 Å². The van der Waals surface area contributed by atoms with Gasteiger partial charge in [-0.25, -0.2) is 0 Å². The molecule has 0 amide bonds. The Hall–Kier alpha value is -0.340. The van der Waals surface area contributed by atoms with Crippen LogP contribution in [0.3, 0.4) is 0 Å². The molecule has 2 heteroatoms. The van der Waals surface area contributed by atoms with Gasteiger partial charge >= 0.3 is 0 Å². The van der Waals surface area contributed by atoms with Gasteiger partial charge in [0.15, 0.2) is 0 Å². The van der Waals surface area contributed by atoms with Crippen LogP contribution in [0.25, 0.3) is 0 Å². The molecule has 92 valence electrons. The van der Waals surface area contributed by atoms with E-state index in [9.17, 15) is 0 Å². The minimum atomic E-state index is 0. The lowest BCUT2D eigenvalue weighted by Crippen LogP contribution is -2.57. The van der Waals surface area contributed by atoms with Crippen LogP contribution in [-0.4, -0.2) is 24.1 Å². The van der Waals surface area contributed by atoms with Gasteiger partial charge in [0.25, 0.3) is 0 Å². The summed E-state index contributed by atoms with van der Waals surface area (Å²) in [4.78, 5) is 1.59. The second kappa shape index (κ2) is 5.33. The Morgan fingerprint density at radius 3 is 2.25 bits per heavy atom. The summed E-state index contributed by atoms with van der Waals surface area (Å²) in [6.07, 6.45) is 4.47. The molecule has 0 atom stereocenters. The van der Waals surface area contributed by atoms with Crippen molar-refractivity contribution in [2.24, 2.45) is 5.92 Å². The minimum absolute atomic E-state index is 0. The normalized spacial score (nSPS) is 31.6. The van der Waals surface area contributed by atoms with E-state index in [4.69, 9.17) is 0 Å². The summed E-state index contributed by atoms with van der Waals surface area (Å²) in [5.74, 6) is 1.08. The Balaban J connectivity index is 0.000000640. The van der Waals surface area contributed by atoms with E-state index in [1.807, 2.05) is 11.3 Å². The Bertz CT molecular complexity index is 283. The number of rotatable bonds is 2. The van der Waals surface area contributed by atoms with E-state index in [1.165, 1.54) is 49.9 Å². The van der Waals surface area contributed by atoms with E-state index in [0.29, 0.717) is 0 Å². The first kappa shape index (κ1) is 13.7. The Kier molecular flexibility index (Phi) is 4.57. The molecule has 3 aliphatic rings. The molecule has 2 bridgehead atoms. The van der Waals surface area contributed by atoms with Crippen LogP contribution in [0.1, 0.15) is 39.0 Å². The maximum absolute atomic E-state index is 2.30. The third kappa shape index (κ3) is 2.49. The molecule has 0 aliphatic carbocycles. The minimum Gasteiger partial charge on any atom is -0.319 e. The van der Waals surface area contributed by atoms with Crippen molar-refractivity contribution in [3.8, 4) is 0 Å². The number of quaternary nitrogens is 1. The van der Waals surface area contributed by atoms with Crippen molar-refractivity contribution in [1.82, 2.24) is 0 Å². The van der Waals surface area contributed by atoms with E-state index in [-0.39, 0.29) is 14.9 Å². The largest absolute Gasteiger partial charge is 0.319 e. The highest BCUT2D eigenvalue weighted by Crippen LogP contribution is 2.35. The maximum Gasteiger partial charge on any atom is 0.114 e. The topological polar surface area (TPSA) is 0 Å². The van der Waals surface area contributed by atoms with Crippen LogP contribution >= 0.6 is 11.3 Å². The first-order chi connectivity index (χ1) is 6.86. The summed E-state index contributed by atoms with van der Waals surface area (Å²) in [5, 5.41) is 2.21. The molecule has 3 aliphatic heterocycles. The van der Waals surface area contributed by atoms with Gasteiger partial charge in [-0.2, -0.15) is 0 Å². The zero-order valence-electron chi connectivity index (χ0n) is 8.61. The Labute approximate surface area is 105 Å². The monoisotopic (exact) mass is 240 g/mol. The van der Waals surface area contributed by atoms with Gasteiger partial charge in [0.2, 0.25) is 0 Å². The molecule has 1 aromatic heterocycles. The number of fused-ring (bicyclic) bond motifs is 3. The second-order valence-corrected chi connectivity index (χ2v) is 6.01. The van der Waals surface area contributed by atoms with Crippen molar-refractivity contribution in [1.29, 1.82) is 0 Å². The van der Waals surface area contributed by atoms with Crippen LogP contribution in [0, 0.1) is 5.92 Å². The molecule has 4 rings (SSSR count). The summed E-state index contributed by atoms with van der Waals surface area (Å²) >= 11 is 1.93. The molecular formula is C14H26NS+. The second-order valence-electron chi connectivity index (χ2n) is 4.98. The van der Waals surface area contributed by atoms with Crippen molar-refractivity contribution >= 4 is 11.3 Å². The van der Waals surface area contributed by atoms with Gasteiger partial charge < -0.3 is 4.48 Å². The molecule has 1 nitrogen and oxygen atoms in total. The lowest BCUT2D eigenvalue weighted by Gasteiger charge is -2.49. The van der Waals surface area contributed by atoms with Crippen LogP contribution in [0.5, 0.6) is 0 Å². The van der Waals surface area contributed by atoms with Crippen LogP contribution in [0.15, 0.2) is 17.5 Å². The van der Waals surface area contributed by atoms with Gasteiger partial charge in [0.05, 0.1) is 24.5 Å². The van der Waals surface area contributed by atoms with E-state index in [1.54, 1.807) is 4.88 Å². The fraction of sp³-hybridized carbons (Fsp3) is 0.714. The summed E-state index contributed by atoms with van der Waals surface area (Å²) < 4.78 is 1.40. The van der Waals surface area contributed by atoms with Gasteiger partial charge in [-0.3, -0.25) is 0 Å². The number of thiophene rings is 1. The number of hydrogen-bond acceptors (Lipinski definition) is 1. The predicted octanol–water partition coefficient (Wildman–Crippen LogP) is 4.15. The molecule has 0 aromatic carbocycles. The van der Waals surface area contributed by atoms with Crippen molar-refractivity contribution in [3.63, 3.8) is 0 Å². The van der Waals surface area contributed by atoms with Gasteiger partial charge in [-0.15, -0.1) is 11.3 Å². The highest BCUT2D eigenvalue weighted by atomic mass is 32.1. The summed E-state index contributed by atoms with van der Waals surface area (Å²) in [6.45, 7) is 5.65. The Morgan fingerprint density at radius 1 is 1.12 bits per heavy atom. The molecule has 0 N–H and O–H groups in total. The first-order valence-electron chi connectivity index (χ1n) is 5.74. The fourth-order valence-corrected chi connectivity index (χ4v) is 3.95. The van der Waals surface area contributed by atoms with Crippen molar-refractivity contribution in [3.05, 3.63) is 22.4 Å². The lowest BCUT2D eigenvalue weighted by molar-refractivity contribution is -0.954. The van der Waals surface area contributed by atoms with Gasteiger partial charge in [0, 0.05) is 0 Å². The van der Waals surface area contributed by atoms with Crippen LogP contribution < -0.4 is 0 Å². The van der Waals surface area contributed by atoms with E-state index >= 15 is 0 Å². The number of hydrogen-bond donors (Lipinski definition) is 0. The van der Waals surface area contributed by atoms with Gasteiger partial charge in [0.1, 0.15) is 6.54 Å². The molecule has 3 fully saturated rings. The van der Waals surface area contributed by atoms with Crippen LogP contribution in [-0.2, 0) is 6.54 Å². The van der Waals surface area contributed by atoms with Crippen molar-refractivity contribution in [2.75, 3.05) is 19.6 Å². The predicted molar refractivity (Wildman–Crippen MR) is 73.7 cm³/mol. The number of piperidine rings is 3. The first-order valence-corrected chi connectivity index (χ1v) is 6.62. The zero-order chi connectivity index (χ0) is 9.43. The van der Waals surface area contributed by atoms with Crippen molar-refractivity contribution < 1.29 is 4.48 Å². The highest BCUT2D eigenvalue weighted by molar-refractivity contribution is 7.09. The number of nitrogens with zero attached hydrogens (tertiary/aromatic N) is 1. The van der Waals surface area contributed by atoms with Gasteiger partial charge in [-0.1, -0.05) is 20.9 Å². The van der Waals surface area contributed by atoms with Crippen molar-refractivity contribution in [2.45, 2.75) is 40.7 Å². The van der Waals surface area contributed by atoms with E-state index in [2.05, 4.69) is 17.5 Å². The highest BCUT2D eigenvalue weighted by Gasteiger charge is 2.39. The third-order valence-electron chi connectivity index (χ3n) is 4.11. The molecule has 0 spiro atoms. The average molecular weight is 240 g/mol. The summed E-state index contributed by atoms with van der Waals surface area (Å²) in [7, 11) is 0. The smallest absolute Gasteiger partial charge is 0.114 e. The van der Waals surface area contributed by atoms with Crippen LogP contribution in [0.4, 0.5) is 0 Å². The summed E-state index contributed by atoms with van der Waals surface area (Å²) in [6, 6.07) is 4.49. The SMILES string of the molecule is C.C.c1csc(C[N+]23CCC(CC2)CC3)c1. The van der Waals surface area contributed by atoms with E-state index < -0.39 is 0 Å². The molecule has 1 aromatic rings. The Morgan fingerprint density at radius 2 is 1.75 bits per heavy atom. The van der Waals surface area contributed by atoms with Gasteiger partial charge in [-0.05, 0) is 36.6 Å². The molecule has 16 heavy (non-hydrogen) atoms. The maximum atomic E-state index is 2.30. The molecule has 4 heterocycles. The molecule has 0 saturated carbocycles.